The largest absolute Gasteiger partial charge is 0.432 e. The molecule has 2 aromatic heterocycles. The molecule has 2 heterocycles. The normalized spacial score (nSPS) is 10.5. The number of benzene rings is 1. The SMILES string of the molecule is NC(=O)c1nc2cc(NC(=O)c3cccc(=O)[nH]3)ccc2o1. The fourth-order valence-electron chi connectivity index (χ4n) is 1.89. The van der Waals surface area contributed by atoms with Crippen molar-refractivity contribution in [2.75, 3.05) is 5.32 Å². The number of anilines is 1. The number of carbonyl (C=O) groups is 2. The zero-order valence-electron chi connectivity index (χ0n) is 11.1. The summed E-state index contributed by atoms with van der Waals surface area (Å²) < 4.78 is 5.14. The molecule has 0 atom stereocenters. The highest BCUT2D eigenvalue weighted by Gasteiger charge is 2.12. The Bertz CT molecular complexity index is 941. The number of H-pyrrole nitrogens is 1. The van der Waals surface area contributed by atoms with E-state index in [0.29, 0.717) is 16.8 Å². The van der Waals surface area contributed by atoms with Crippen molar-refractivity contribution in [3.05, 3.63) is 58.3 Å². The molecule has 110 valence electrons. The molecule has 0 saturated heterocycles. The second kappa shape index (κ2) is 5.17. The number of oxazole rings is 1. The zero-order valence-corrected chi connectivity index (χ0v) is 11.1. The number of pyridine rings is 1. The first kappa shape index (κ1) is 13.6. The van der Waals surface area contributed by atoms with E-state index in [4.69, 9.17) is 10.2 Å². The lowest BCUT2D eigenvalue weighted by Gasteiger charge is -2.04. The molecule has 0 aliphatic heterocycles. The Labute approximate surface area is 123 Å². The molecule has 3 rings (SSSR count). The number of fused-ring (bicyclic) bond motifs is 1. The van der Waals surface area contributed by atoms with Crippen molar-refractivity contribution >= 4 is 28.6 Å². The van der Waals surface area contributed by atoms with Crippen LogP contribution in [0.2, 0.25) is 0 Å². The summed E-state index contributed by atoms with van der Waals surface area (Å²) in [6.45, 7) is 0. The highest BCUT2D eigenvalue weighted by molar-refractivity contribution is 6.03. The maximum Gasteiger partial charge on any atom is 0.304 e. The number of amides is 2. The van der Waals surface area contributed by atoms with Gasteiger partial charge in [-0.2, -0.15) is 0 Å². The van der Waals surface area contributed by atoms with Crippen molar-refractivity contribution in [3.63, 3.8) is 0 Å². The van der Waals surface area contributed by atoms with Gasteiger partial charge in [-0.25, -0.2) is 4.98 Å². The Balaban J connectivity index is 1.89. The molecule has 2 amide bonds. The van der Waals surface area contributed by atoms with Crippen LogP contribution >= 0.6 is 0 Å². The maximum absolute atomic E-state index is 12.0. The summed E-state index contributed by atoms with van der Waals surface area (Å²) in [5, 5.41) is 2.61. The lowest BCUT2D eigenvalue weighted by molar-refractivity contribution is 0.0968. The summed E-state index contributed by atoms with van der Waals surface area (Å²) in [4.78, 5) is 40.6. The summed E-state index contributed by atoms with van der Waals surface area (Å²) >= 11 is 0. The van der Waals surface area contributed by atoms with Gasteiger partial charge in [0.1, 0.15) is 11.2 Å². The number of aromatic nitrogens is 2. The van der Waals surface area contributed by atoms with Gasteiger partial charge >= 0.3 is 5.91 Å². The highest BCUT2D eigenvalue weighted by Crippen LogP contribution is 2.20. The van der Waals surface area contributed by atoms with Crippen molar-refractivity contribution < 1.29 is 14.0 Å². The van der Waals surface area contributed by atoms with Crippen LogP contribution in [-0.2, 0) is 0 Å². The Kier molecular flexibility index (Phi) is 3.18. The molecule has 0 saturated carbocycles. The van der Waals surface area contributed by atoms with Crippen LogP contribution in [0.4, 0.5) is 5.69 Å². The minimum absolute atomic E-state index is 0.130. The van der Waals surface area contributed by atoms with Gasteiger partial charge in [-0.05, 0) is 24.3 Å². The Morgan fingerprint density at radius 3 is 2.77 bits per heavy atom. The molecular weight excluding hydrogens is 288 g/mol. The van der Waals surface area contributed by atoms with Crippen molar-refractivity contribution in [3.8, 4) is 0 Å². The minimum atomic E-state index is -0.774. The average Bonchev–Trinajstić information content (AvgIpc) is 2.90. The second-order valence-electron chi connectivity index (χ2n) is 4.45. The molecule has 22 heavy (non-hydrogen) atoms. The van der Waals surface area contributed by atoms with Gasteiger partial charge in [0.25, 0.3) is 11.8 Å². The number of nitrogens with two attached hydrogens (primary N) is 1. The van der Waals surface area contributed by atoms with Crippen LogP contribution in [-0.4, -0.2) is 21.8 Å². The van der Waals surface area contributed by atoms with Gasteiger partial charge in [0.05, 0.1) is 0 Å². The monoisotopic (exact) mass is 298 g/mol. The van der Waals surface area contributed by atoms with E-state index in [0.717, 1.165) is 0 Å². The van der Waals surface area contributed by atoms with E-state index < -0.39 is 11.8 Å². The first-order valence-corrected chi connectivity index (χ1v) is 6.24. The van der Waals surface area contributed by atoms with E-state index in [1.807, 2.05) is 0 Å². The molecular formula is C14H10N4O4. The number of carbonyl (C=O) groups excluding carboxylic acids is 2. The molecule has 0 fully saturated rings. The van der Waals surface area contributed by atoms with Crippen molar-refractivity contribution in [1.82, 2.24) is 9.97 Å². The molecule has 0 spiro atoms. The van der Waals surface area contributed by atoms with Crippen molar-refractivity contribution in [1.29, 1.82) is 0 Å². The summed E-state index contributed by atoms with van der Waals surface area (Å²) in [5.74, 6) is -1.45. The van der Waals surface area contributed by atoms with E-state index in [9.17, 15) is 14.4 Å². The number of nitrogens with one attached hydrogen (secondary N) is 2. The van der Waals surface area contributed by atoms with Gasteiger partial charge in [0, 0.05) is 11.8 Å². The van der Waals surface area contributed by atoms with Crippen LogP contribution in [0, 0.1) is 0 Å². The van der Waals surface area contributed by atoms with Crippen LogP contribution in [0.1, 0.15) is 21.2 Å². The first-order chi connectivity index (χ1) is 10.5. The van der Waals surface area contributed by atoms with E-state index >= 15 is 0 Å². The zero-order chi connectivity index (χ0) is 15.7. The minimum Gasteiger partial charge on any atom is -0.432 e. The molecule has 1 aromatic carbocycles. The van der Waals surface area contributed by atoms with Crippen LogP contribution < -0.4 is 16.6 Å². The number of hydrogen-bond acceptors (Lipinski definition) is 5. The van der Waals surface area contributed by atoms with Gasteiger partial charge in [0.15, 0.2) is 5.58 Å². The predicted octanol–water partition coefficient (Wildman–Crippen LogP) is 0.867. The molecule has 0 unspecified atom stereocenters. The summed E-state index contributed by atoms with van der Waals surface area (Å²) in [6, 6.07) is 8.94. The maximum atomic E-state index is 12.0. The fraction of sp³-hybridized carbons (Fsp3) is 0. The van der Waals surface area contributed by atoms with Crippen molar-refractivity contribution in [2.45, 2.75) is 0 Å². The topological polar surface area (TPSA) is 131 Å². The molecule has 4 N–H and O–H groups in total. The molecule has 0 bridgehead atoms. The van der Waals surface area contributed by atoms with E-state index in [2.05, 4.69) is 15.3 Å². The summed E-state index contributed by atoms with van der Waals surface area (Å²) in [5.41, 5.74) is 6.04. The average molecular weight is 298 g/mol. The quantitative estimate of drug-likeness (QED) is 0.660. The second-order valence-corrected chi connectivity index (χ2v) is 4.45. The fourth-order valence-corrected chi connectivity index (χ4v) is 1.89. The summed E-state index contributed by atoms with van der Waals surface area (Å²) in [7, 11) is 0. The number of rotatable bonds is 3. The van der Waals surface area contributed by atoms with Gasteiger partial charge in [-0.1, -0.05) is 6.07 Å². The lowest BCUT2D eigenvalue weighted by atomic mass is 10.2. The predicted molar refractivity (Wildman–Crippen MR) is 77.5 cm³/mol. The van der Waals surface area contributed by atoms with Crippen LogP contribution in [0.3, 0.4) is 0 Å². The molecule has 0 aliphatic carbocycles. The van der Waals surface area contributed by atoms with E-state index in [1.54, 1.807) is 12.1 Å². The number of primary amides is 1. The Morgan fingerprint density at radius 2 is 2.05 bits per heavy atom. The number of nitrogens with zero attached hydrogens (tertiary/aromatic N) is 1. The van der Waals surface area contributed by atoms with Crippen LogP contribution in [0.25, 0.3) is 11.1 Å². The van der Waals surface area contributed by atoms with Crippen LogP contribution in [0.15, 0.2) is 45.6 Å². The number of aromatic amines is 1. The lowest BCUT2D eigenvalue weighted by Crippen LogP contribution is -2.17. The third-order valence-electron chi connectivity index (χ3n) is 2.87. The molecule has 0 radical (unpaired) electrons. The van der Waals surface area contributed by atoms with E-state index in [1.165, 1.54) is 24.3 Å². The molecule has 8 heteroatoms. The van der Waals surface area contributed by atoms with Gasteiger partial charge in [-0.3, -0.25) is 14.4 Å². The standard InChI is InChI=1S/C14H10N4O4/c15-12(20)14-18-9-6-7(4-5-10(9)22-14)16-13(21)8-2-1-3-11(19)17-8/h1-6H,(H2,15,20)(H,16,21)(H,17,19). The van der Waals surface area contributed by atoms with Crippen molar-refractivity contribution in [2.24, 2.45) is 5.73 Å². The van der Waals surface area contributed by atoms with Gasteiger partial charge < -0.3 is 20.5 Å². The highest BCUT2D eigenvalue weighted by atomic mass is 16.4. The van der Waals surface area contributed by atoms with Crippen LogP contribution in [0.5, 0.6) is 0 Å². The van der Waals surface area contributed by atoms with Gasteiger partial charge in [-0.15, -0.1) is 0 Å². The third kappa shape index (κ3) is 2.57. The Hall–Kier alpha value is -3.42. The summed E-state index contributed by atoms with van der Waals surface area (Å²) in [6.07, 6.45) is 0. The third-order valence-corrected chi connectivity index (χ3v) is 2.87. The first-order valence-electron chi connectivity index (χ1n) is 6.24. The smallest absolute Gasteiger partial charge is 0.304 e. The number of hydrogen-bond donors (Lipinski definition) is 3. The van der Waals surface area contributed by atoms with Gasteiger partial charge in [0.2, 0.25) is 5.56 Å². The molecule has 0 aliphatic rings. The molecule has 3 aromatic rings. The molecule has 8 nitrogen and oxygen atoms in total. The van der Waals surface area contributed by atoms with E-state index in [-0.39, 0.29) is 17.1 Å². The Morgan fingerprint density at radius 1 is 1.23 bits per heavy atom.